The van der Waals surface area contributed by atoms with Crippen molar-refractivity contribution >= 4 is 17.4 Å². The molecule has 2 N–H and O–H groups in total. The number of benzene rings is 1. The Morgan fingerprint density at radius 3 is 2.55 bits per heavy atom. The minimum atomic E-state index is -0.512. The molecule has 1 saturated heterocycles. The maximum Gasteiger partial charge on any atom is 0.0869 e. The van der Waals surface area contributed by atoms with Crippen molar-refractivity contribution in [1.82, 2.24) is 5.32 Å². The van der Waals surface area contributed by atoms with Gasteiger partial charge in [-0.05, 0) is 36.3 Å². The molecule has 20 heavy (non-hydrogen) atoms. The van der Waals surface area contributed by atoms with E-state index in [0.29, 0.717) is 12.6 Å². The fourth-order valence-corrected chi connectivity index (χ4v) is 3.85. The summed E-state index contributed by atoms with van der Waals surface area (Å²) in [6.45, 7) is 2.87. The van der Waals surface area contributed by atoms with Crippen LogP contribution in [0.15, 0.2) is 24.3 Å². The van der Waals surface area contributed by atoms with Crippen molar-refractivity contribution in [2.45, 2.75) is 31.4 Å². The quantitative estimate of drug-likeness (QED) is 0.845. The third-order valence-corrected chi connectivity index (χ3v) is 5.21. The zero-order valence-corrected chi connectivity index (χ0v) is 13.5. The first kappa shape index (κ1) is 15.7. The molecule has 2 rings (SSSR count). The van der Waals surface area contributed by atoms with Crippen LogP contribution in [0, 0.1) is 0 Å². The van der Waals surface area contributed by atoms with Gasteiger partial charge in [0, 0.05) is 38.1 Å². The van der Waals surface area contributed by atoms with E-state index >= 15 is 0 Å². The predicted octanol–water partition coefficient (Wildman–Crippen LogP) is 2.66. The normalized spacial score (nSPS) is 23.8. The summed E-state index contributed by atoms with van der Waals surface area (Å²) in [7, 11) is 4.11. The molecule has 1 aromatic carbocycles. The summed E-state index contributed by atoms with van der Waals surface area (Å²) in [5, 5.41) is 13.9. The van der Waals surface area contributed by atoms with Crippen LogP contribution in [0.2, 0.25) is 0 Å². The van der Waals surface area contributed by atoms with Crippen LogP contribution < -0.4 is 10.2 Å². The highest BCUT2D eigenvalue weighted by molar-refractivity contribution is 7.99. The van der Waals surface area contributed by atoms with Crippen LogP contribution >= 0.6 is 11.8 Å². The van der Waals surface area contributed by atoms with E-state index < -0.39 is 5.60 Å². The summed E-state index contributed by atoms with van der Waals surface area (Å²) >= 11 is 1.85. The van der Waals surface area contributed by atoms with Crippen molar-refractivity contribution in [3.8, 4) is 0 Å². The molecule has 2 atom stereocenters. The molecule has 0 spiro atoms. The molecule has 0 saturated carbocycles. The third kappa shape index (κ3) is 3.90. The van der Waals surface area contributed by atoms with Gasteiger partial charge in [-0.2, -0.15) is 11.8 Å². The number of hydrogen-bond donors (Lipinski definition) is 2. The van der Waals surface area contributed by atoms with Gasteiger partial charge in [0.1, 0.15) is 0 Å². The van der Waals surface area contributed by atoms with E-state index in [1.165, 1.54) is 11.3 Å². The Hall–Kier alpha value is -0.710. The van der Waals surface area contributed by atoms with E-state index in [0.717, 1.165) is 24.3 Å². The third-order valence-electron chi connectivity index (χ3n) is 3.98. The number of hydrogen-bond acceptors (Lipinski definition) is 4. The molecule has 0 radical (unpaired) electrons. The highest BCUT2D eigenvalue weighted by atomic mass is 32.2. The number of nitrogens with zero attached hydrogens (tertiary/aromatic N) is 1. The smallest absolute Gasteiger partial charge is 0.0869 e. The van der Waals surface area contributed by atoms with Crippen LogP contribution in [0.4, 0.5) is 5.69 Å². The van der Waals surface area contributed by atoms with Crippen molar-refractivity contribution < 1.29 is 5.11 Å². The highest BCUT2D eigenvalue weighted by Gasteiger charge is 2.31. The second-order valence-corrected chi connectivity index (χ2v) is 6.96. The molecule has 1 fully saturated rings. The predicted molar refractivity (Wildman–Crippen MR) is 88.7 cm³/mol. The monoisotopic (exact) mass is 294 g/mol. The number of nitrogens with one attached hydrogen (secondary N) is 1. The lowest BCUT2D eigenvalue weighted by molar-refractivity contribution is 0.0644. The van der Waals surface area contributed by atoms with Crippen LogP contribution in [0.5, 0.6) is 0 Å². The molecule has 1 aliphatic rings. The summed E-state index contributed by atoms with van der Waals surface area (Å²) in [6, 6.07) is 8.99. The van der Waals surface area contributed by atoms with Gasteiger partial charge in [-0.3, -0.25) is 0 Å². The largest absolute Gasteiger partial charge is 0.388 e. The molecule has 3 nitrogen and oxygen atoms in total. The Morgan fingerprint density at radius 2 is 2.05 bits per heavy atom. The van der Waals surface area contributed by atoms with Gasteiger partial charge in [0.05, 0.1) is 5.60 Å². The molecular formula is C16H26N2OS. The van der Waals surface area contributed by atoms with Gasteiger partial charge in [0.2, 0.25) is 0 Å². The van der Waals surface area contributed by atoms with E-state index in [-0.39, 0.29) is 0 Å². The molecule has 1 aromatic rings. The second kappa shape index (κ2) is 6.83. The summed E-state index contributed by atoms with van der Waals surface area (Å²) < 4.78 is 0. The minimum Gasteiger partial charge on any atom is -0.388 e. The van der Waals surface area contributed by atoms with Gasteiger partial charge in [-0.25, -0.2) is 0 Å². The Morgan fingerprint density at radius 1 is 1.35 bits per heavy atom. The van der Waals surface area contributed by atoms with Gasteiger partial charge >= 0.3 is 0 Å². The molecule has 112 valence electrons. The fraction of sp³-hybridized carbons (Fsp3) is 0.625. The van der Waals surface area contributed by atoms with Crippen molar-refractivity contribution in [1.29, 1.82) is 0 Å². The van der Waals surface area contributed by atoms with Gasteiger partial charge in [0.25, 0.3) is 0 Å². The van der Waals surface area contributed by atoms with Gasteiger partial charge in [-0.1, -0.05) is 19.1 Å². The molecule has 0 aromatic heterocycles. The van der Waals surface area contributed by atoms with E-state index in [1.807, 2.05) is 11.8 Å². The molecule has 1 aliphatic heterocycles. The van der Waals surface area contributed by atoms with Gasteiger partial charge in [-0.15, -0.1) is 0 Å². The average Bonchev–Trinajstić information content (AvgIpc) is 2.87. The lowest BCUT2D eigenvalue weighted by atomic mass is 10.00. The summed E-state index contributed by atoms with van der Waals surface area (Å²) in [5.41, 5.74) is 2.00. The first-order chi connectivity index (χ1) is 9.54. The Labute approximate surface area is 126 Å². The maximum atomic E-state index is 10.4. The molecule has 2 unspecified atom stereocenters. The lowest BCUT2D eigenvalue weighted by Gasteiger charge is -2.26. The average molecular weight is 294 g/mol. The zero-order valence-electron chi connectivity index (χ0n) is 12.7. The molecule has 4 heteroatoms. The van der Waals surface area contributed by atoms with E-state index in [2.05, 4.69) is 55.5 Å². The second-order valence-electron chi connectivity index (χ2n) is 5.85. The molecule has 0 bridgehead atoms. The fourth-order valence-electron chi connectivity index (χ4n) is 2.55. The van der Waals surface area contributed by atoms with Crippen LogP contribution in [0.1, 0.15) is 31.4 Å². The van der Waals surface area contributed by atoms with Crippen LogP contribution in [0.25, 0.3) is 0 Å². The van der Waals surface area contributed by atoms with Crippen molar-refractivity contribution in [2.24, 2.45) is 0 Å². The van der Waals surface area contributed by atoms with E-state index in [4.69, 9.17) is 0 Å². The van der Waals surface area contributed by atoms with Crippen molar-refractivity contribution in [3.05, 3.63) is 29.8 Å². The molecular weight excluding hydrogens is 268 g/mol. The first-order valence-corrected chi connectivity index (χ1v) is 8.50. The zero-order chi connectivity index (χ0) is 14.6. The molecule has 0 amide bonds. The molecule has 1 heterocycles. The number of thioether (sulfide) groups is 1. The van der Waals surface area contributed by atoms with Crippen LogP contribution in [-0.4, -0.2) is 42.9 Å². The lowest BCUT2D eigenvalue weighted by Crippen LogP contribution is -2.41. The topological polar surface area (TPSA) is 35.5 Å². The number of anilines is 1. The van der Waals surface area contributed by atoms with Gasteiger partial charge < -0.3 is 15.3 Å². The Kier molecular flexibility index (Phi) is 5.35. The van der Waals surface area contributed by atoms with Crippen molar-refractivity contribution in [2.75, 3.05) is 37.0 Å². The summed E-state index contributed by atoms with van der Waals surface area (Å²) in [5.74, 6) is 1.93. The number of rotatable bonds is 6. The highest BCUT2D eigenvalue weighted by Crippen LogP contribution is 2.28. The standard InChI is InChI=1S/C16H26N2OS/c1-4-15(17-11-16(19)9-10-20-12-16)13-5-7-14(8-6-13)18(2)3/h5-8,15,17,19H,4,9-12H2,1-3H3. The SMILES string of the molecule is CCC(NCC1(O)CCSC1)c1ccc(N(C)C)cc1. The number of aliphatic hydroxyl groups is 1. The minimum absolute atomic E-state index is 0.320. The Balaban J connectivity index is 1.97. The van der Waals surface area contributed by atoms with Crippen LogP contribution in [0.3, 0.4) is 0 Å². The summed E-state index contributed by atoms with van der Waals surface area (Å²) in [6.07, 6.45) is 1.94. The molecule has 0 aliphatic carbocycles. The first-order valence-electron chi connectivity index (χ1n) is 7.35. The van der Waals surface area contributed by atoms with E-state index in [9.17, 15) is 5.11 Å². The maximum absolute atomic E-state index is 10.4. The van der Waals surface area contributed by atoms with Crippen LogP contribution in [-0.2, 0) is 0 Å². The van der Waals surface area contributed by atoms with Gasteiger partial charge in [0.15, 0.2) is 0 Å². The van der Waals surface area contributed by atoms with Crippen molar-refractivity contribution in [3.63, 3.8) is 0 Å². The summed E-state index contributed by atoms with van der Waals surface area (Å²) in [4.78, 5) is 2.11. The Bertz CT molecular complexity index is 413. The van der Waals surface area contributed by atoms with E-state index in [1.54, 1.807) is 0 Å².